The van der Waals surface area contributed by atoms with E-state index < -0.39 is 0 Å². The highest BCUT2D eigenvalue weighted by atomic mass is 35.5. The van der Waals surface area contributed by atoms with Gasteiger partial charge in [-0.3, -0.25) is 4.79 Å². The third kappa shape index (κ3) is 4.63. The number of carbonyl (C=O) groups is 1. The van der Waals surface area contributed by atoms with Crippen molar-refractivity contribution < 1.29 is 9.21 Å². The van der Waals surface area contributed by atoms with Crippen molar-refractivity contribution in [3.05, 3.63) is 35.4 Å². The first-order chi connectivity index (χ1) is 13.4. The molecular weight excluding hydrogens is 425 g/mol. The summed E-state index contributed by atoms with van der Waals surface area (Å²) < 4.78 is 7.55. The molecular formula is C21H29Cl2N5O2. The number of pyridine rings is 1. The maximum absolute atomic E-state index is 13.2. The summed E-state index contributed by atoms with van der Waals surface area (Å²) in [5.74, 6) is 1.54. The van der Waals surface area contributed by atoms with Crippen molar-refractivity contribution in [1.29, 1.82) is 0 Å². The minimum Gasteiger partial charge on any atom is -0.466 e. The summed E-state index contributed by atoms with van der Waals surface area (Å²) in [7, 11) is 0. The van der Waals surface area contributed by atoms with E-state index in [1.165, 1.54) is 0 Å². The largest absolute Gasteiger partial charge is 0.466 e. The van der Waals surface area contributed by atoms with Gasteiger partial charge >= 0.3 is 0 Å². The summed E-state index contributed by atoms with van der Waals surface area (Å²) in [5.41, 5.74) is 2.97. The number of furan rings is 1. The van der Waals surface area contributed by atoms with Crippen LogP contribution in [0.15, 0.2) is 22.7 Å². The van der Waals surface area contributed by atoms with Crippen LogP contribution >= 0.6 is 24.8 Å². The zero-order valence-electron chi connectivity index (χ0n) is 17.7. The highest BCUT2D eigenvalue weighted by Gasteiger charge is 2.22. The number of fused-ring (bicyclic) bond motifs is 1. The number of aromatic nitrogens is 3. The summed E-state index contributed by atoms with van der Waals surface area (Å²) in [5, 5.41) is 11.8. The van der Waals surface area contributed by atoms with E-state index >= 15 is 0 Å². The molecule has 1 atom stereocenters. The first kappa shape index (κ1) is 24.2. The molecule has 0 bridgehead atoms. The fourth-order valence-corrected chi connectivity index (χ4v) is 3.85. The van der Waals surface area contributed by atoms with Crippen LogP contribution in [0, 0.1) is 13.8 Å². The Bertz CT molecular complexity index is 1020. The van der Waals surface area contributed by atoms with Crippen molar-refractivity contribution in [1.82, 2.24) is 25.4 Å². The zero-order valence-corrected chi connectivity index (χ0v) is 19.3. The second kappa shape index (κ2) is 9.81. The van der Waals surface area contributed by atoms with Crippen LogP contribution in [0.4, 0.5) is 0 Å². The number of hydrogen-bond acceptors (Lipinski definition) is 5. The predicted molar refractivity (Wildman–Crippen MR) is 123 cm³/mol. The van der Waals surface area contributed by atoms with E-state index in [-0.39, 0.29) is 42.8 Å². The number of nitrogens with one attached hydrogen (secondary N) is 2. The molecule has 1 saturated heterocycles. The van der Waals surface area contributed by atoms with E-state index in [0.29, 0.717) is 5.56 Å². The summed E-state index contributed by atoms with van der Waals surface area (Å²) in [4.78, 5) is 18.0. The topological polar surface area (TPSA) is 85.0 Å². The van der Waals surface area contributed by atoms with Crippen LogP contribution in [0.3, 0.4) is 0 Å². The molecule has 7 nitrogen and oxygen atoms in total. The molecule has 3 aromatic heterocycles. The Hall–Kier alpha value is -2.09. The lowest BCUT2D eigenvalue weighted by molar-refractivity contribution is 0.0932. The zero-order chi connectivity index (χ0) is 19.8. The van der Waals surface area contributed by atoms with Gasteiger partial charge in [0.1, 0.15) is 11.5 Å². The van der Waals surface area contributed by atoms with Gasteiger partial charge in [-0.05, 0) is 59.2 Å². The van der Waals surface area contributed by atoms with Gasteiger partial charge in [0.05, 0.1) is 22.8 Å². The van der Waals surface area contributed by atoms with E-state index in [1.807, 2.05) is 30.7 Å². The second-order valence-corrected chi connectivity index (χ2v) is 7.82. The van der Waals surface area contributed by atoms with E-state index in [9.17, 15) is 4.79 Å². The molecule has 4 rings (SSSR count). The van der Waals surface area contributed by atoms with Crippen LogP contribution in [0.1, 0.15) is 54.6 Å². The minimum atomic E-state index is -0.0801. The number of halogens is 2. The Morgan fingerprint density at radius 2 is 2.07 bits per heavy atom. The van der Waals surface area contributed by atoms with Gasteiger partial charge in [-0.15, -0.1) is 24.8 Å². The lowest BCUT2D eigenvalue weighted by atomic mass is 10.0. The van der Waals surface area contributed by atoms with E-state index in [1.54, 1.807) is 6.20 Å². The molecule has 1 aliphatic heterocycles. The average Bonchev–Trinajstić information content (AvgIpc) is 3.24. The van der Waals surface area contributed by atoms with Crippen molar-refractivity contribution in [3.63, 3.8) is 0 Å². The maximum atomic E-state index is 13.2. The number of rotatable bonds is 4. The molecule has 0 aliphatic carbocycles. The molecule has 0 aromatic carbocycles. The van der Waals surface area contributed by atoms with Gasteiger partial charge < -0.3 is 15.1 Å². The van der Waals surface area contributed by atoms with Gasteiger partial charge in [0.2, 0.25) is 0 Å². The van der Waals surface area contributed by atoms with Crippen LogP contribution in [-0.4, -0.2) is 39.8 Å². The number of nitrogens with zero attached hydrogens (tertiary/aromatic N) is 3. The monoisotopic (exact) mass is 453 g/mol. The van der Waals surface area contributed by atoms with Gasteiger partial charge in [-0.2, -0.15) is 5.10 Å². The third-order valence-corrected chi connectivity index (χ3v) is 5.25. The lowest BCUT2D eigenvalue weighted by Gasteiger charge is -2.24. The minimum absolute atomic E-state index is 0. The van der Waals surface area contributed by atoms with Crippen LogP contribution in [0.5, 0.6) is 0 Å². The van der Waals surface area contributed by atoms with Crippen molar-refractivity contribution in [3.8, 4) is 11.3 Å². The maximum Gasteiger partial charge on any atom is 0.252 e. The van der Waals surface area contributed by atoms with Gasteiger partial charge in [0, 0.05) is 24.2 Å². The Morgan fingerprint density at radius 1 is 1.30 bits per heavy atom. The molecule has 30 heavy (non-hydrogen) atoms. The number of hydrogen-bond donors (Lipinski definition) is 2. The van der Waals surface area contributed by atoms with E-state index in [2.05, 4.69) is 29.6 Å². The van der Waals surface area contributed by atoms with Crippen molar-refractivity contribution in [2.24, 2.45) is 0 Å². The standard InChI is InChI=1S/C21H27N5O2.2ClH/c1-12(2)26-20-18(11-23-26)17(21(27)24-15-6-5-7-22-10-15)9-19(25-20)16-8-13(3)28-14(16)4;;/h8-9,11-12,15,22H,5-7,10H2,1-4H3,(H,24,27);2*1H. The molecule has 3 aromatic rings. The summed E-state index contributed by atoms with van der Waals surface area (Å²) >= 11 is 0. The summed E-state index contributed by atoms with van der Waals surface area (Å²) in [6, 6.07) is 4.11. The molecule has 1 fully saturated rings. The third-order valence-electron chi connectivity index (χ3n) is 5.25. The van der Waals surface area contributed by atoms with Crippen molar-refractivity contribution in [2.75, 3.05) is 13.1 Å². The Morgan fingerprint density at radius 3 is 2.67 bits per heavy atom. The molecule has 0 spiro atoms. The van der Waals surface area contributed by atoms with Gasteiger partial charge in [0.15, 0.2) is 5.65 Å². The second-order valence-electron chi connectivity index (χ2n) is 7.82. The van der Waals surface area contributed by atoms with Crippen LogP contribution in [0.2, 0.25) is 0 Å². The highest BCUT2D eigenvalue weighted by molar-refractivity contribution is 6.06. The lowest BCUT2D eigenvalue weighted by Crippen LogP contribution is -2.45. The Labute approximate surface area is 188 Å². The fraction of sp³-hybridized carbons (Fsp3) is 0.476. The summed E-state index contributed by atoms with van der Waals surface area (Å²) in [6.07, 6.45) is 3.81. The average molecular weight is 454 g/mol. The molecule has 1 unspecified atom stereocenters. The first-order valence-electron chi connectivity index (χ1n) is 9.91. The molecule has 1 amide bonds. The Kier molecular flexibility index (Phi) is 7.91. The smallest absolute Gasteiger partial charge is 0.252 e. The number of aryl methyl sites for hydroxylation is 2. The predicted octanol–water partition coefficient (Wildman–Crippen LogP) is 4.21. The van der Waals surface area contributed by atoms with Crippen molar-refractivity contribution in [2.45, 2.75) is 52.6 Å². The first-order valence-corrected chi connectivity index (χ1v) is 9.91. The molecule has 9 heteroatoms. The SMILES string of the molecule is Cc1cc(-c2cc(C(=O)NC3CCCNC3)c3cnn(C(C)C)c3n2)c(C)o1.Cl.Cl. The number of carbonyl (C=O) groups excluding carboxylic acids is 1. The summed E-state index contributed by atoms with van der Waals surface area (Å²) in [6.45, 7) is 9.76. The van der Waals surface area contributed by atoms with Crippen LogP contribution in [0.25, 0.3) is 22.3 Å². The number of piperidine rings is 1. The van der Waals surface area contributed by atoms with Crippen LogP contribution in [-0.2, 0) is 0 Å². The quantitative estimate of drug-likeness (QED) is 0.617. The molecule has 0 radical (unpaired) electrons. The molecule has 0 saturated carbocycles. The molecule has 4 heterocycles. The van der Waals surface area contributed by atoms with E-state index in [4.69, 9.17) is 9.40 Å². The van der Waals surface area contributed by atoms with Gasteiger partial charge in [-0.1, -0.05) is 0 Å². The van der Waals surface area contributed by atoms with Gasteiger partial charge in [0.25, 0.3) is 5.91 Å². The van der Waals surface area contributed by atoms with Crippen LogP contribution < -0.4 is 10.6 Å². The molecule has 2 N–H and O–H groups in total. The normalized spacial score (nSPS) is 16.2. The highest BCUT2D eigenvalue weighted by Crippen LogP contribution is 2.30. The Balaban J connectivity index is 0.00000160. The number of amides is 1. The molecule has 164 valence electrons. The van der Waals surface area contributed by atoms with Gasteiger partial charge in [-0.25, -0.2) is 9.67 Å². The molecule has 1 aliphatic rings. The van der Waals surface area contributed by atoms with Crippen molar-refractivity contribution >= 4 is 41.8 Å². The van der Waals surface area contributed by atoms with E-state index in [0.717, 1.165) is 59.7 Å². The fourth-order valence-electron chi connectivity index (χ4n) is 3.85.